The molecule has 0 N–H and O–H groups in total. The van der Waals surface area contributed by atoms with Gasteiger partial charge in [-0.3, -0.25) is 9.59 Å². The summed E-state index contributed by atoms with van der Waals surface area (Å²) in [5.74, 6) is 0.640. The number of hydrogen-bond acceptors (Lipinski definition) is 2. The molecule has 4 heteroatoms. The van der Waals surface area contributed by atoms with Gasteiger partial charge in [-0.1, -0.05) is 51.6 Å². The molecule has 0 aliphatic rings. The van der Waals surface area contributed by atoms with Crippen molar-refractivity contribution in [3.63, 3.8) is 0 Å². The zero-order chi connectivity index (χ0) is 10.1. The van der Waals surface area contributed by atoms with E-state index in [1.54, 1.807) is 0 Å². The molecule has 0 saturated carbocycles. The first-order chi connectivity index (χ1) is 6.20. The van der Waals surface area contributed by atoms with Crippen molar-refractivity contribution in [1.29, 1.82) is 0 Å². The minimum atomic E-state index is 0.320. The zero-order valence-corrected chi connectivity index (χ0v) is 11.8. The van der Waals surface area contributed by atoms with Gasteiger partial charge in [0.05, 0.1) is 8.86 Å². The monoisotopic (exact) mass is 408 g/mol. The molecule has 0 spiro atoms. The highest BCUT2D eigenvalue weighted by Crippen LogP contribution is 2.05. The number of carbonyl (C=O) groups is 2. The standard InChI is InChI=1S/C9H14I2O2/c10-6-8(12)4-2-1-3-5-9(13)7-11/h1-7H2. The van der Waals surface area contributed by atoms with E-state index in [0.717, 1.165) is 19.3 Å². The molecule has 0 aromatic rings. The van der Waals surface area contributed by atoms with E-state index in [4.69, 9.17) is 0 Å². The number of unbranched alkanes of at least 4 members (excludes halogenated alkanes) is 2. The van der Waals surface area contributed by atoms with Crippen molar-refractivity contribution < 1.29 is 9.59 Å². The molecule has 0 saturated heterocycles. The van der Waals surface area contributed by atoms with Gasteiger partial charge in [0.15, 0.2) is 0 Å². The van der Waals surface area contributed by atoms with Gasteiger partial charge in [-0.05, 0) is 12.8 Å². The molecule has 0 aliphatic carbocycles. The Kier molecular flexibility index (Phi) is 9.93. The van der Waals surface area contributed by atoms with Crippen LogP contribution in [0.25, 0.3) is 0 Å². The quantitative estimate of drug-likeness (QED) is 0.352. The summed E-state index contributed by atoms with van der Waals surface area (Å²) in [5.41, 5.74) is 0. The minimum Gasteiger partial charge on any atom is -0.299 e. The molecular weight excluding hydrogens is 394 g/mol. The van der Waals surface area contributed by atoms with Gasteiger partial charge in [0, 0.05) is 12.8 Å². The van der Waals surface area contributed by atoms with E-state index in [1.165, 1.54) is 0 Å². The molecule has 0 fully saturated rings. The molecule has 0 radical (unpaired) electrons. The average molecular weight is 408 g/mol. The van der Waals surface area contributed by atoms with E-state index >= 15 is 0 Å². The van der Waals surface area contributed by atoms with E-state index in [0.29, 0.717) is 33.3 Å². The first-order valence-electron chi connectivity index (χ1n) is 4.36. The highest BCUT2D eigenvalue weighted by atomic mass is 127. The summed E-state index contributed by atoms with van der Waals surface area (Å²) >= 11 is 4.17. The van der Waals surface area contributed by atoms with Crippen LogP contribution in [0.15, 0.2) is 0 Å². The molecule has 0 heterocycles. The third kappa shape index (κ3) is 9.11. The predicted molar refractivity (Wildman–Crippen MR) is 70.9 cm³/mol. The Labute approximate surface area is 107 Å². The summed E-state index contributed by atoms with van der Waals surface area (Å²) in [5, 5.41) is 0. The van der Waals surface area contributed by atoms with Crippen molar-refractivity contribution in [3.05, 3.63) is 0 Å². The molecule has 0 bridgehead atoms. The normalized spacial score (nSPS) is 10.0. The van der Waals surface area contributed by atoms with Crippen molar-refractivity contribution in [1.82, 2.24) is 0 Å². The van der Waals surface area contributed by atoms with Gasteiger partial charge in [0.1, 0.15) is 11.6 Å². The number of carbonyl (C=O) groups excluding carboxylic acids is 2. The van der Waals surface area contributed by atoms with Crippen LogP contribution in [0.3, 0.4) is 0 Å². The topological polar surface area (TPSA) is 34.1 Å². The van der Waals surface area contributed by atoms with Gasteiger partial charge in [-0.2, -0.15) is 0 Å². The molecule has 0 aliphatic heterocycles. The summed E-state index contributed by atoms with van der Waals surface area (Å²) in [7, 11) is 0. The SMILES string of the molecule is O=C(CI)CCCCCC(=O)CI. The van der Waals surface area contributed by atoms with Crippen LogP contribution < -0.4 is 0 Å². The van der Waals surface area contributed by atoms with E-state index in [-0.39, 0.29) is 0 Å². The maximum atomic E-state index is 10.9. The summed E-state index contributed by atoms with van der Waals surface area (Å²) in [6, 6.07) is 0. The number of rotatable bonds is 8. The van der Waals surface area contributed by atoms with Gasteiger partial charge in [-0.25, -0.2) is 0 Å². The highest BCUT2D eigenvalue weighted by Gasteiger charge is 2.00. The number of ketones is 2. The minimum absolute atomic E-state index is 0.320. The van der Waals surface area contributed by atoms with Crippen LogP contribution in [0.4, 0.5) is 0 Å². The van der Waals surface area contributed by atoms with Crippen molar-refractivity contribution in [3.8, 4) is 0 Å². The van der Waals surface area contributed by atoms with Crippen molar-refractivity contribution in [2.24, 2.45) is 0 Å². The van der Waals surface area contributed by atoms with Crippen LogP contribution in [0, 0.1) is 0 Å². The van der Waals surface area contributed by atoms with Gasteiger partial charge in [0.25, 0.3) is 0 Å². The third-order valence-corrected chi connectivity index (χ3v) is 3.41. The lowest BCUT2D eigenvalue weighted by molar-refractivity contribution is -0.116. The number of alkyl halides is 2. The Hall–Kier alpha value is 0.800. The molecule has 2 nitrogen and oxygen atoms in total. The average Bonchev–Trinajstić information content (AvgIpc) is 2.16. The molecular formula is C9H14I2O2. The maximum absolute atomic E-state index is 10.9. The van der Waals surface area contributed by atoms with E-state index in [2.05, 4.69) is 45.2 Å². The lowest BCUT2D eigenvalue weighted by Gasteiger charge is -1.98. The van der Waals surface area contributed by atoms with Crippen molar-refractivity contribution in [2.75, 3.05) is 8.86 Å². The summed E-state index contributed by atoms with van der Waals surface area (Å²) in [4.78, 5) is 21.8. The van der Waals surface area contributed by atoms with Crippen LogP contribution in [0.5, 0.6) is 0 Å². The first kappa shape index (κ1) is 13.8. The molecule has 13 heavy (non-hydrogen) atoms. The van der Waals surface area contributed by atoms with Crippen LogP contribution in [-0.4, -0.2) is 20.4 Å². The van der Waals surface area contributed by atoms with Gasteiger partial charge < -0.3 is 0 Å². The second-order valence-electron chi connectivity index (χ2n) is 2.91. The lowest BCUT2D eigenvalue weighted by atomic mass is 10.1. The van der Waals surface area contributed by atoms with Gasteiger partial charge in [0.2, 0.25) is 0 Å². The molecule has 0 atom stereocenters. The largest absolute Gasteiger partial charge is 0.299 e. The number of halogens is 2. The van der Waals surface area contributed by atoms with Gasteiger partial charge in [-0.15, -0.1) is 0 Å². The molecule has 0 rings (SSSR count). The Morgan fingerprint density at radius 1 is 0.769 bits per heavy atom. The fourth-order valence-electron chi connectivity index (χ4n) is 0.955. The Bertz CT molecular complexity index is 151. The van der Waals surface area contributed by atoms with E-state index in [9.17, 15) is 9.59 Å². The Morgan fingerprint density at radius 3 is 1.46 bits per heavy atom. The van der Waals surface area contributed by atoms with Crippen LogP contribution in [0.2, 0.25) is 0 Å². The van der Waals surface area contributed by atoms with Crippen molar-refractivity contribution >= 4 is 56.7 Å². The third-order valence-electron chi connectivity index (χ3n) is 1.71. The zero-order valence-electron chi connectivity index (χ0n) is 7.52. The Balaban J connectivity index is 3.17. The molecule has 76 valence electrons. The smallest absolute Gasteiger partial charge is 0.142 e. The van der Waals surface area contributed by atoms with E-state index in [1.807, 2.05) is 0 Å². The lowest BCUT2D eigenvalue weighted by Crippen LogP contribution is -2.00. The molecule has 0 unspecified atom stereocenters. The second-order valence-corrected chi connectivity index (χ2v) is 4.43. The van der Waals surface area contributed by atoms with E-state index < -0.39 is 0 Å². The van der Waals surface area contributed by atoms with Gasteiger partial charge >= 0.3 is 0 Å². The first-order valence-corrected chi connectivity index (χ1v) is 7.41. The highest BCUT2D eigenvalue weighted by molar-refractivity contribution is 14.1. The molecule has 0 aromatic heterocycles. The second kappa shape index (κ2) is 9.36. The maximum Gasteiger partial charge on any atom is 0.142 e. The predicted octanol–water partition coefficient (Wildman–Crippen LogP) is 2.95. The van der Waals surface area contributed by atoms with Crippen LogP contribution >= 0.6 is 45.2 Å². The van der Waals surface area contributed by atoms with Crippen LogP contribution in [-0.2, 0) is 9.59 Å². The number of hydrogen-bond donors (Lipinski definition) is 0. The van der Waals surface area contributed by atoms with Crippen molar-refractivity contribution in [2.45, 2.75) is 32.1 Å². The fourth-order valence-corrected chi connectivity index (χ4v) is 1.72. The fraction of sp³-hybridized carbons (Fsp3) is 0.778. The summed E-state index contributed by atoms with van der Waals surface area (Å²) < 4.78 is 1.23. The molecule has 0 amide bonds. The Morgan fingerprint density at radius 2 is 1.15 bits per heavy atom. The molecule has 0 aromatic carbocycles. The summed E-state index contributed by atoms with van der Waals surface area (Å²) in [6.07, 6.45) is 4.25. The van der Waals surface area contributed by atoms with Crippen LogP contribution in [0.1, 0.15) is 32.1 Å². The summed E-state index contributed by atoms with van der Waals surface area (Å²) in [6.45, 7) is 0. The number of Topliss-reactive ketones (excluding diaryl/α,β-unsaturated/α-hetero) is 2.